The first-order valence-electron chi connectivity index (χ1n) is 8.62. The predicted octanol–water partition coefficient (Wildman–Crippen LogP) is 4.28. The lowest BCUT2D eigenvalue weighted by Gasteiger charge is -2.18. The maximum absolute atomic E-state index is 12.7. The van der Waals surface area contributed by atoms with Gasteiger partial charge in [0.05, 0.1) is 35.5 Å². The molecule has 0 aliphatic rings. The zero-order valence-corrected chi connectivity index (χ0v) is 16.5. The molecule has 0 atom stereocenters. The van der Waals surface area contributed by atoms with E-state index in [1.165, 1.54) is 0 Å². The molecular formula is C21H22N2O3S. The molecule has 140 valence electrons. The van der Waals surface area contributed by atoms with E-state index in [9.17, 15) is 4.79 Å². The van der Waals surface area contributed by atoms with Gasteiger partial charge in [-0.15, -0.1) is 11.3 Å². The summed E-state index contributed by atoms with van der Waals surface area (Å²) in [5.41, 5.74) is 2.24. The average molecular weight is 382 g/mol. The molecule has 0 saturated heterocycles. The average Bonchev–Trinajstić information content (AvgIpc) is 3.22. The van der Waals surface area contributed by atoms with Crippen molar-refractivity contribution in [1.29, 1.82) is 0 Å². The number of likely N-dealkylation sites (N-methyl/N-ethyl adjacent to an activating group) is 1. The molecule has 0 spiro atoms. The molecule has 6 heteroatoms. The Hall–Kier alpha value is -2.86. The van der Waals surface area contributed by atoms with Gasteiger partial charge in [0.15, 0.2) is 0 Å². The summed E-state index contributed by atoms with van der Waals surface area (Å²) in [5, 5.41) is 2.02. The highest BCUT2D eigenvalue weighted by atomic mass is 32.1. The van der Waals surface area contributed by atoms with Crippen molar-refractivity contribution in [2.45, 2.75) is 6.92 Å². The molecule has 3 rings (SSSR count). The second kappa shape index (κ2) is 8.68. The summed E-state index contributed by atoms with van der Waals surface area (Å²) in [7, 11) is 3.40. The molecule has 0 saturated carbocycles. The van der Waals surface area contributed by atoms with Crippen LogP contribution in [0.2, 0.25) is 0 Å². The molecule has 0 N–H and O–H groups in total. The van der Waals surface area contributed by atoms with E-state index in [1.54, 1.807) is 30.4 Å². The molecular weight excluding hydrogens is 360 g/mol. The number of carbonyl (C=O) groups is 1. The molecule has 0 unspecified atom stereocenters. The molecule has 0 aliphatic carbocycles. The van der Waals surface area contributed by atoms with Crippen molar-refractivity contribution in [3.63, 3.8) is 0 Å². The van der Waals surface area contributed by atoms with Gasteiger partial charge in [-0.1, -0.05) is 6.07 Å². The van der Waals surface area contributed by atoms with E-state index in [0.29, 0.717) is 18.7 Å². The van der Waals surface area contributed by atoms with Crippen LogP contribution >= 0.6 is 11.3 Å². The van der Waals surface area contributed by atoms with Gasteiger partial charge in [-0.05, 0) is 54.8 Å². The third kappa shape index (κ3) is 4.65. The Morgan fingerprint density at radius 1 is 1.11 bits per heavy atom. The van der Waals surface area contributed by atoms with Crippen molar-refractivity contribution in [2.75, 3.05) is 27.3 Å². The number of pyridine rings is 1. The maximum atomic E-state index is 12.7. The first kappa shape index (κ1) is 18.9. The molecule has 3 aromatic rings. The molecule has 1 aromatic carbocycles. The summed E-state index contributed by atoms with van der Waals surface area (Å²) in [6, 6.07) is 15.1. The molecule has 0 fully saturated rings. The van der Waals surface area contributed by atoms with E-state index in [1.807, 2.05) is 60.8 Å². The van der Waals surface area contributed by atoms with Gasteiger partial charge in [0.2, 0.25) is 0 Å². The Balaban J connectivity index is 1.58. The van der Waals surface area contributed by atoms with E-state index in [-0.39, 0.29) is 5.91 Å². The van der Waals surface area contributed by atoms with Gasteiger partial charge in [0, 0.05) is 7.05 Å². The van der Waals surface area contributed by atoms with Crippen LogP contribution in [0.1, 0.15) is 16.1 Å². The van der Waals surface area contributed by atoms with Crippen LogP contribution in [0.5, 0.6) is 11.5 Å². The van der Waals surface area contributed by atoms with E-state index in [0.717, 1.165) is 27.8 Å². The number of aromatic nitrogens is 1. The number of hydrogen-bond donors (Lipinski definition) is 0. The van der Waals surface area contributed by atoms with Gasteiger partial charge in [-0.2, -0.15) is 0 Å². The quantitative estimate of drug-likeness (QED) is 0.612. The van der Waals surface area contributed by atoms with Gasteiger partial charge in [0.25, 0.3) is 5.91 Å². The van der Waals surface area contributed by atoms with Crippen LogP contribution in [-0.4, -0.2) is 43.1 Å². The third-order valence-corrected chi connectivity index (χ3v) is 5.08. The summed E-state index contributed by atoms with van der Waals surface area (Å²) in [4.78, 5) is 20.0. The van der Waals surface area contributed by atoms with Crippen molar-refractivity contribution in [1.82, 2.24) is 9.88 Å². The van der Waals surface area contributed by atoms with Crippen LogP contribution in [0.3, 0.4) is 0 Å². The van der Waals surface area contributed by atoms with E-state index < -0.39 is 0 Å². The number of benzene rings is 1. The number of aryl methyl sites for hydroxylation is 1. The summed E-state index contributed by atoms with van der Waals surface area (Å²) < 4.78 is 10.8. The number of rotatable bonds is 7. The minimum atomic E-state index is -0.0592. The van der Waals surface area contributed by atoms with Gasteiger partial charge >= 0.3 is 0 Å². The monoisotopic (exact) mass is 382 g/mol. The predicted molar refractivity (Wildman–Crippen MR) is 108 cm³/mol. The highest BCUT2D eigenvalue weighted by Gasteiger charge is 2.16. The van der Waals surface area contributed by atoms with Gasteiger partial charge in [-0.3, -0.25) is 9.78 Å². The first-order chi connectivity index (χ1) is 13.1. The Morgan fingerprint density at radius 3 is 2.48 bits per heavy atom. The zero-order chi connectivity index (χ0) is 19.2. The number of carbonyl (C=O) groups excluding carboxylic acids is 1. The van der Waals surface area contributed by atoms with Crippen LogP contribution in [0.25, 0.3) is 10.6 Å². The summed E-state index contributed by atoms with van der Waals surface area (Å²) in [5.74, 6) is 1.47. The molecule has 2 aromatic heterocycles. The summed E-state index contributed by atoms with van der Waals surface area (Å²) in [6.45, 7) is 2.76. The normalized spacial score (nSPS) is 10.5. The SMILES string of the molecule is COc1ccc(OCCN(C)C(=O)c2ccc(-c3cccs3)nc2C)cc1. The smallest absolute Gasteiger partial charge is 0.255 e. The van der Waals surface area contributed by atoms with Crippen LogP contribution in [0.4, 0.5) is 0 Å². The Bertz CT molecular complexity index is 892. The second-order valence-corrected chi connectivity index (χ2v) is 7.01. The highest BCUT2D eigenvalue weighted by molar-refractivity contribution is 7.13. The van der Waals surface area contributed by atoms with Gasteiger partial charge < -0.3 is 14.4 Å². The number of hydrogen-bond acceptors (Lipinski definition) is 5. The molecule has 1 amide bonds. The van der Waals surface area contributed by atoms with Crippen LogP contribution in [-0.2, 0) is 0 Å². The van der Waals surface area contributed by atoms with Crippen LogP contribution in [0, 0.1) is 6.92 Å². The lowest BCUT2D eigenvalue weighted by molar-refractivity contribution is 0.0772. The molecule has 27 heavy (non-hydrogen) atoms. The lowest BCUT2D eigenvalue weighted by Crippen LogP contribution is -2.31. The molecule has 0 bridgehead atoms. The van der Waals surface area contributed by atoms with Crippen molar-refractivity contribution >= 4 is 17.2 Å². The first-order valence-corrected chi connectivity index (χ1v) is 9.50. The number of methoxy groups -OCH3 is 1. The minimum Gasteiger partial charge on any atom is -0.497 e. The number of thiophene rings is 1. The van der Waals surface area contributed by atoms with Gasteiger partial charge in [0.1, 0.15) is 18.1 Å². The fraction of sp³-hybridized carbons (Fsp3) is 0.238. The fourth-order valence-corrected chi connectivity index (χ4v) is 3.32. The van der Waals surface area contributed by atoms with E-state index in [2.05, 4.69) is 4.98 Å². The number of nitrogens with zero attached hydrogens (tertiary/aromatic N) is 2. The maximum Gasteiger partial charge on any atom is 0.255 e. The topological polar surface area (TPSA) is 51.7 Å². The highest BCUT2D eigenvalue weighted by Crippen LogP contribution is 2.24. The summed E-state index contributed by atoms with van der Waals surface area (Å²) in [6.07, 6.45) is 0. The minimum absolute atomic E-state index is 0.0592. The Labute approximate surface area is 163 Å². The second-order valence-electron chi connectivity index (χ2n) is 6.06. The number of ether oxygens (including phenoxy) is 2. The fourth-order valence-electron chi connectivity index (χ4n) is 2.63. The lowest BCUT2D eigenvalue weighted by atomic mass is 10.1. The molecule has 0 aliphatic heterocycles. The Morgan fingerprint density at radius 2 is 1.85 bits per heavy atom. The molecule has 2 heterocycles. The molecule has 5 nitrogen and oxygen atoms in total. The van der Waals surface area contributed by atoms with E-state index >= 15 is 0 Å². The molecule has 0 radical (unpaired) electrons. The summed E-state index contributed by atoms with van der Waals surface area (Å²) >= 11 is 1.63. The van der Waals surface area contributed by atoms with Crippen LogP contribution < -0.4 is 9.47 Å². The van der Waals surface area contributed by atoms with Crippen molar-refractivity contribution in [3.05, 3.63) is 65.2 Å². The third-order valence-electron chi connectivity index (χ3n) is 4.19. The van der Waals surface area contributed by atoms with Gasteiger partial charge in [-0.25, -0.2) is 0 Å². The zero-order valence-electron chi connectivity index (χ0n) is 15.6. The van der Waals surface area contributed by atoms with E-state index in [4.69, 9.17) is 9.47 Å². The number of amides is 1. The van der Waals surface area contributed by atoms with Crippen molar-refractivity contribution in [2.24, 2.45) is 0 Å². The largest absolute Gasteiger partial charge is 0.497 e. The Kier molecular flexibility index (Phi) is 6.08. The van der Waals surface area contributed by atoms with Crippen LogP contribution in [0.15, 0.2) is 53.9 Å². The van der Waals surface area contributed by atoms with Crippen molar-refractivity contribution in [3.8, 4) is 22.1 Å². The standard InChI is InChI=1S/C21H22N2O3S/c1-15-18(10-11-19(22-15)20-5-4-14-27-20)21(24)23(2)12-13-26-17-8-6-16(25-3)7-9-17/h4-11,14H,12-13H2,1-3H3. The van der Waals surface area contributed by atoms with Crippen molar-refractivity contribution < 1.29 is 14.3 Å².